The van der Waals surface area contributed by atoms with Gasteiger partial charge in [0.25, 0.3) is 0 Å². The fourth-order valence-electron chi connectivity index (χ4n) is 1.86. The molecule has 1 atom stereocenters. The Bertz CT molecular complexity index is 594. The Kier molecular flexibility index (Phi) is 4.47. The molecule has 2 rings (SSSR count). The third kappa shape index (κ3) is 3.89. The van der Waals surface area contributed by atoms with E-state index in [1.807, 2.05) is 31.2 Å². The fraction of sp³-hybridized carbons (Fsp3) is 0.357. The second-order valence-corrected chi connectivity index (χ2v) is 4.64. The second kappa shape index (κ2) is 6.29. The molecule has 0 saturated carbocycles. The Balaban J connectivity index is 1.97. The van der Waals surface area contributed by atoms with Gasteiger partial charge in [-0.2, -0.15) is 4.98 Å². The SMILES string of the molecule is CC(=O)Nc1cccc(C(C)NCc2noc(C)n2)c1. The lowest BCUT2D eigenvalue weighted by atomic mass is 10.1. The van der Waals surface area contributed by atoms with E-state index in [1.165, 1.54) is 6.92 Å². The zero-order chi connectivity index (χ0) is 14.5. The van der Waals surface area contributed by atoms with Gasteiger partial charge in [-0.25, -0.2) is 0 Å². The van der Waals surface area contributed by atoms with Gasteiger partial charge in [0.1, 0.15) is 0 Å². The molecule has 1 amide bonds. The van der Waals surface area contributed by atoms with Gasteiger partial charge in [-0.1, -0.05) is 17.3 Å². The van der Waals surface area contributed by atoms with Crippen molar-refractivity contribution in [3.8, 4) is 0 Å². The highest BCUT2D eigenvalue weighted by Crippen LogP contribution is 2.17. The van der Waals surface area contributed by atoms with Crippen molar-refractivity contribution in [3.05, 3.63) is 41.5 Å². The zero-order valence-electron chi connectivity index (χ0n) is 11.8. The molecule has 0 saturated heterocycles. The summed E-state index contributed by atoms with van der Waals surface area (Å²) in [5.74, 6) is 1.11. The zero-order valence-corrected chi connectivity index (χ0v) is 11.8. The van der Waals surface area contributed by atoms with Crippen LogP contribution >= 0.6 is 0 Å². The highest BCUT2D eigenvalue weighted by Gasteiger charge is 2.08. The highest BCUT2D eigenvalue weighted by molar-refractivity contribution is 5.88. The summed E-state index contributed by atoms with van der Waals surface area (Å²) in [6, 6.07) is 7.84. The van der Waals surface area contributed by atoms with Crippen LogP contribution < -0.4 is 10.6 Å². The lowest BCUT2D eigenvalue weighted by Crippen LogP contribution is -2.19. The number of nitrogens with zero attached hydrogens (tertiary/aromatic N) is 2. The van der Waals surface area contributed by atoms with Crippen LogP contribution in [-0.4, -0.2) is 16.0 Å². The normalized spacial score (nSPS) is 12.2. The smallest absolute Gasteiger partial charge is 0.223 e. The van der Waals surface area contributed by atoms with Gasteiger partial charge in [-0.05, 0) is 24.6 Å². The van der Waals surface area contributed by atoms with E-state index < -0.39 is 0 Å². The van der Waals surface area contributed by atoms with Gasteiger partial charge < -0.3 is 15.2 Å². The first-order chi connectivity index (χ1) is 9.54. The second-order valence-electron chi connectivity index (χ2n) is 4.64. The maximum Gasteiger partial charge on any atom is 0.223 e. The summed E-state index contributed by atoms with van der Waals surface area (Å²) in [6.07, 6.45) is 0. The molecule has 1 unspecified atom stereocenters. The molecule has 0 aliphatic heterocycles. The molecule has 2 aromatic rings. The fourth-order valence-corrected chi connectivity index (χ4v) is 1.86. The largest absolute Gasteiger partial charge is 0.340 e. The van der Waals surface area contributed by atoms with Crippen LogP contribution in [0.3, 0.4) is 0 Å². The number of aromatic nitrogens is 2. The number of rotatable bonds is 5. The molecule has 0 spiro atoms. The van der Waals surface area contributed by atoms with E-state index in [4.69, 9.17) is 4.52 Å². The highest BCUT2D eigenvalue weighted by atomic mass is 16.5. The number of benzene rings is 1. The van der Waals surface area contributed by atoms with Crippen LogP contribution in [0.25, 0.3) is 0 Å². The number of amides is 1. The third-order valence-corrected chi connectivity index (χ3v) is 2.84. The maximum absolute atomic E-state index is 11.1. The predicted octanol–water partition coefficient (Wildman–Crippen LogP) is 2.19. The molecule has 1 heterocycles. The van der Waals surface area contributed by atoms with Crippen molar-refractivity contribution in [3.63, 3.8) is 0 Å². The van der Waals surface area contributed by atoms with Crippen LogP contribution in [0.5, 0.6) is 0 Å². The van der Waals surface area contributed by atoms with Gasteiger partial charge in [-0.15, -0.1) is 0 Å². The van der Waals surface area contributed by atoms with Gasteiger partial charge in [0.15, 0.2) is 5.82 Å². The summed E-state index contributed by atoms with van der Waals surface area (Å²) in [5.41, 5.74) is 1.87. The first-order valence-electron chi connectivity index (χ1n) is 6.44. The molecule has 1 aromatic heterocycles. The number of aryl methyl sites for hydroxylation is 1. The van der Waals surface area contributed by atoms with Crippen LogP contribution in [0.15, 0.2) is 28.8 Å². The van der Waals surface area contributed by atoms with Crippen LogP contribution in [0, 0.1) is 6.92 Å². The van der Waals surface area contributed by atoms with Gasteiger partial charge >= 0.3 is 0 Å². The Labute approximate surface area is 117 Å². The quantitative estimate of drug-likeness (QED) is 0.873. The first-order valence-corrected chi connectivity index (χ1v) is 6.44. The number of carbonyl (C=O) groups excluding carboxylic acids is 1. The molecule has 20 heavy (non-hydrogen) atoms. The Hall–Kier alpha value is -2.21. The summed E-state index contributed by atoms with van der Waals surface area (Å²) in [7, 11) is 0. The van der Waals surface area contributed by atoms with E-state index in [2.05, 4.69) is 20.8 Å². The van der Waals surface area contributed by atoms with Crippen molar-refractivity contribution < 1.29 is 9.32 Å². The van der Waals surface area contributed by atoms with E-state index in [-0.39, 0.29) is 11.9 Å². The molecule has 1 aromatic carbocycles. The van der Waals surface area contributed by atoms with Gasteiger partial charge in [0.2, 0.25) is 11.8 Å². The molecule has 0 aliphatic rings. The molecular formula is C14H18N4O2. The van der Waals surface area contributed by atoms with Crippen LogP contribution in [0.4, 0.5) is 5.69 Å². The minimum Gasteiger partial charge on any atom is -0.340 e. The minimum absolute atomic E-state index is 0.0787. The van der Waals surface area contributed by atoms with Crippen molar-refractivity contribution in [2.75, 3.05) is 5.32 Å². The molecule has 0 fully saturated rings. The third-order valence-electron chi connectivity index (χ3n) is 2.84. The number of hydrogen-bond donors (Lipinski definition) is 2. The van der Waals surface area contributed by atoms with Crippen LogP contribution in [0.1, 0.15) is 37.2 Å². The number of nitrogens with one attached hydrogen (secondary N) is 2. The lowest BCUT2D eigenvalue weighted by molar-refractivity contribution is -0.114. The van der Waals surface area contributed by atoms with Crippen LogP contribution in [0.2, 0.25) is 0 Å². The molecule has 0 radical (unpaired) electrons. The summed E-state index contributed by atoms with van der Waals surface area (Å²) in [5, 5.41) is 9.91. The van der Waals surface area contributed by atoms with Crippen LogP contribution in [-0.2, 0) is 11.3 Å². The molecule has 0 aliphatic carbocycles. The molecule has 106 valence electrons. The summed E-state index contributed by atoms with van der Waals surface area (Å²) < 4.78 is 4.92. The Morgan fingerprint density at radius 1 is 1.45 bits per heavy atom. The Morgan fingerprint density at radius 2 is 2.25 bits per heavy atom. The molecular weight excluding hydrogens is 256 g/mol. The van der Waals surface area contributed by atoms with E-state index in [9.17, 15) is 4.79 Å². The average molecular weight is 274 g/mol. The van der Waals surface area contributed by atoms with Gasteiger partial charge in [-0.3, -0.25) is 4.79 Å². The number of carbonyl (C=O) groups is 1. The van der Waals surface area contributed by atoms with Crippen molar-refractivity contribution in [1.29, 1.82) is 0 Å². The monoisotopic (exact) mass is 274 g/mol. The van der Waals surface area contributed by atoms with Gasteiger partial charge in [0.05, 0.1) is 6.54 Å². The molecule has 2 N–H and O–H groups in total. The average Bonchev–Trinajstić information content (AvgIpc) is 2.81. The minimum atomic E-state index is -0.0787. The van der Waals surface area contributed by atoms with E-state index in [0.717, 1.165) is 11.3 Å². The van der Waals surface area contributed by atoms with Crippen molar-refractivity contribution in [2.24, 2.45) is 0 Å². The topological polar surface area (TPSA) is 80.0 Å². The molecule has 6 heteroatoms. The van der Waals surface area contributed by atoms with Gasteiger partial charge in [0, 0.05) is 25.6 Å². The predicted molar refractivity (Wildman–Crippen MR) is 75.0 cm³/mol. The van der Waals surface area contributed by atoms with E-state index in [1.54, 1.807) is 6.92 Å². The van der Waals surface area contributed by atoms with E-state index >= 15 is 0 Å². The summed E-state index contributed by atoms with van der Waals surface area (Å²) in [4.78, 5) is 15.2. The first kappa shape index (κ1) is 14.2. The van der Waals surface area contributed by atoms with Crippen molar-refractivity contribution in [1.82, 2.24) is 15.5 Å². The Morgan fingerprint density at radius 3 is 2.90 bits per heavy atom. The number of hydrogen-bond acceptors (Lipinski definition) is 5. The lowest BCUT2D eigenvalue weighted by Gasteiger charge is -2.14. The molecule has 6 nitrogen and oxygen atoms in total. The summed E-state index contributed by atoms with van der Waals surface area (Å²) in [6.45, 7) is 5.83. The van der Waals surface area contributed by atoms with Crippen molar-refractivity contribution >= 4 is 11.6 Å². The standard InChI is InChI=1S/C14H18N4O2/c1-9(15-8-14-17-11(3)20-18-14)12-5-4-6-13(7-12)16-10(2)19/h4-7,9,15H,8H2,1-3H3,(H,16,19). The summed E-state index contributed by atoms with van der Waals surface area (Å²) >= 11 is 0. The van der Waals surface area contributed by atoms with E-state index in [0.29, 0.717) is 18.3 Å². The molecule has 0 bridgehead atoms. The van der Waals surface area contributed by atoms with Crippen molar-refractivity contribution in [2.45, 2.75) is 33.4 Å². The maximum atomic E-state index is 11.1. The number of anilines is 1.